The highest BCUT2D eigenvalue weighted by Gasteiger charge is 2.30. The third-order valence-electron chi connectivity index (χ3n) is 5.23. The van der Waals surface area contributed by atoms with Gasteiger partial charge in [-0.25, -0.2) is 4.39 Å². The van der Waals surface area contributed by atoms with Gasteiger partial charge in [-0.15, -0.1) is 0 Å². The molecule has 2 aliphatic carbocycles. The molecule has 1 fully saturated rings. The van der Waals surface area contributed by atoms with Gasteiger partial charge in [0, 0.05) is 6.92 Å². The number of benzene rings is 1. The number of halogens is 1. The Balaban J connectivity index is 1.70. The van der Waals surface area contributed by atoms with Gasteiger partial charge in [-0.05, 0) is 54.9 Å². The van der Waals surface area contributed by atoms with Gasteiger partial charge in [0.1, 0.15) is 11.9 Å². The molecule has 130 valence electrons. The fourth-order valence-electron chi connectivity index (χ4n) is 3.73. The summed E-state index contributed by atoms with van der Waals surface area (Å²) in [5.74, 6) is -0.102. The summed E-state index contributed by atoms with van der Waals surface area (Å²) in [5, 5.41) is 5.82. The molecule has 24 heavy (non-hydrogen) atoms. The van der Waals surface area contributed by atoms with Crippen LogP contribution in [-0.4, -0.2) is 17.9 Å². The van der Waals surface area contributed by atoms with Crippen molar-refractivity contribution in [1.29, 1.82) is 0 Å². The molecule has 0 radical (unpaired) electrons. The fourth-order valence-corrected chi connectivity index (χ4v) is 3.73. The summed E-state index contributed by atoms with van der Waals surface area (Å²) >= 11 is 0. The van der Waals surface area contributed by atoms with E-state index in [-0.39, 0.29) is 23.7 Å². The van der Waals surface area contributed by atoms with Crippen molar-refractivity contribution >= 4 is 11.8 Å². The number of hydrogen-bond donors (Lipinski definition) is 2. The first kappa shape index (κ1) is 16.9. The van der Waals surface area contributed by atoms with Crippen LogP contribution in [0.3, 0.4) is 0 Å². The Morgan fingerprint density at radius 1 is 1.25 bits per heavy atom. The van der Waals surface area contributed by atoms with Gasteiger partial charge in [0.15, 0.2) is 0 Å². The lowest BCUT2D eigenvalue weighted by atomic mass is 9.80. The van der Waals surface area contributed by atoms with E-state index < -0.39 is 6.04 Å². The first-order valence-electron chi connectivity index (χ1n) is 8.88. The maximum absolute atomic E-state index is 13.6. The van der Waals surface area contributed by atoms with Crippen molar-refractivity contribution < 1.29 is 14.0 Å². The maximum Gasteiger partial charge on any atom is 0.243 e. The number of nitrogens with one attached hydrogen (secondary N) is 2. The molecule has 1 aromatic rings. The normalized spacial score (nSPS) is 21.3. The molecule has 3 rings (SSSR count). The SMILES string of the molecule is CC(=O)N[C@H](CC1CCC1)C(=O)N[C@@H]1CCCc2ccc(F)cc21. The molecule has 0 bridgehead atoms. The van der Waals surface area contributed by atoms with Crippen molar-refractivity contribution in [3.63, 3.8) is 0 Å². The zero-order valence-electron chi connectivity index (χ0n) is 14.1. The first-order valence-corrected chi connectivity index (χ1v) is 8.88. The topological polar surface area (TPSA) is 58.2 Å². The van der Waals surface area contributed by atoms with Gasteiger partial charge in [0.05, 0.1) is 6.04 Å². The summed E-state index contributed by atoms with van der Waals surface area (Å²) in [7, 11) is 0. The summed E-state index contributed by atoms with van der Waals surface area (Å²) in [6, 6.07) is 4.14. The predicted molar refractivity (Wildman–Crippen MR) is 89.8 cm³/mol. The number of fused-ring (bicyclic) bond motifs is 1. The molecule has 1 saturated carbocycles. The van der Waals surface area contributed by atoms with E-state index in [0.29, 0.717) is 12.3 Å². The van der Waals surface area contributed by atoms with Crippen LogP contribution in [0.2, 0.25) is 0 Å². The number of carbonyl (C=O) groups is 2. The Kier molecular flexibility index (Phi) is 5.17. The van der Waals surface area contributed by atoms with Crippen LogP contribution < -0.4 is 10.6 Å². The predicted octanol–water partition coefficient (Wildman–Crippen LogP) is 3.01. The number of aryl methyl sites for hydroxylation is 1. The Hall–Kier alpha value is -1.91. The highest BCUT2D eigenvalue weighted by atomic mass is 19.1. The van der Waals surface area contributed by atoms with Crippen LogP contribution in [0.1, 0.15) is 62.6 Å². The summed E-state index contributed by atoms with van der Waals surface area (Å²) in [6.07, 6.45) is 6.83. The molecule has 0 spiro atoms. The molecule has 1 aromatic carbocycles. The van der Waals surface area contributed by atoms with Crippen molar-refractivity contribution in [2.24, 2.45) is 5.92 Å². The van der Waals surface area contributed by atoms with E-state index >= 15 is 0 Å². The van der Waals surface area contributed by atoms with Gasteiger partial charge < -0.3 is 10.6 Å². The highest BCUT2D eigenvalue weighted by molar-refractivity contribution is 5.87. The molecular weight excluding hydrogens is 307 g/mol. The van der Waals surface area contributed by atoms with Gasteiger partial charge in [0.25, 0.3) is 0 Å². The van der Waals surface area contributed by atoms with Crippen molar-refractivity contribution in [3.05, 3.63) is 35.1 Å². The lowest BCUT2D eigenvalue weighted by Gasteiger charge is -2.32. The van der Waals surface area contributed by atoms with Crippen LogP contribution in [0.25, 0.3) is 0 Å². The first-order chi connectivity index (χ1) is 11.5. The minimum atomic E-state index is -0.494. The summed E-state index contributed by atoms with van der Waals surface area (Å²) in [5.41, 5.74) is 1.97. The van der Waals surface area contributed by atoms with Gasteiger partial charge in [-0.2, -0.15) is 0 Å². The van der Waals surface area contributed by atoms with Crippen molar-refractivity contribution in [2.45, 2.75) is 64.0 Å². The minimum Gasteiger partial charge on any atom is -0.348 e. The molecule has 0 saturated heterocycles. The monoisotopic (exact) mass is 332 g/mol. The quantitative estimate of drug-likeness (QED) is 0.871. The third-order valence-corrected chi connectivity index (χ3v) is 5.23. The molecular formula is C19H25FN2O2. The van der Waals surface area contributed by atoms with Crippen molar-refractivity contribution in [2.75, 3.05) is 0 Å². The van der Waals surface area contributed by atoms with Gasteiger partial charge in [-0.1, -0.05) is 25.3 Å². The average Bonchev–Trinajstić information content (AvgIpc) is 2.49. The molecule has 2 atom stereocenters. The second-order valence-corrected chi connectivity index (χ2v) is 7.08. The second-order valence-electron chi connectivity index (χ2n) is 7.08. The Morgan fingerprint density at radius 3 is 2.71 bits per heavy atom. The zero-order valence-corrected chi connectivity index (χ0v) is 14.1. The lowest BCUT2D eigenvalue weighted by Crippen LogP contribution is -2.48. The Bertz CT molecular complexity index is 628. The van der Waals surface area contributed by atoms with Gasteiger partial charge in [0.2, 0.25) is 11.8 Å². The van der Waals surface area contributed by atoms with E-state index in [2.05, 4.69) is 10.6 Å². The Labute approximate surface area is 142 Å². The summed E-state index contributed by atoms with van der Waals surface area (Å²) in [6.45, 7) is 1.44. The largest absolute Gasteiger partial charge is 0.348 e. The van der Waals surface area contributed by atoms with Crippen LogP contribution in [-0.2, 0) is 16.0 Å². The van der Waals surface area contributed by atoms with Crippen LogP contribution in [0.4, 0.5) is 4.39 Å². The van der Waals surface area contributed by atoms with Crippen LogP contribution in [0, 0.1) is 11.7 Å². The van der Waals surface area contributed by atoms with E-state index in [9.17, 15) is 14.0 Å². The van der Waals surface area contributed by atoms with Crippen molar-refractivity contribution in [3.8, 4) is 0 Å². The van der Waals surface area contributed by atoms with Gasteiger partial charge >= 0.3 is 0 Å². The molecule has 4 nitrogen and oxygen atoms in total. The molecule has 0 unspecified atom stereocenters. The summed E-state index contributed by atoms with van der Waals surface area (Å²) in [4.78, 5) is 24.1. The van der Waals surface area contributed by atoms with Crippen LogP contribution in [0.5, 0.6) is 0 Å². The third kappa shape index (κ3) is 3.94. The summed E-state index contributed by atoms with van der Waals surface area (Å²) < 4.78 is 13.6. The smallest absolute Gasteiger partial charge is 0.243 e. The molecule has 2 aliphatic rings. The van der Waals surface area contributed by atoms with E-state index in [0.717, 1.165) is 43.2 Å². The molecule has 0 heterocycles. The standard InChI is InChI=1S/C19H25FN2O2/c1-12(23)21-18(10-13-4-2-5-13)19(24)22-17-7-3-6-14-8-9-15(20)11-16(14)17/h8-9,11,13,17-18H,2-7,10H2,1H3,(H,21,23)(H,22,24)/t17-,18-/m1/s1. The number of carbonyl (C=O) groups excluding carboxylic acids is 2. The van der Waals surface area contributed by atoms with Gasteiger partial charge in [-0.3, -0.25) is 9.59 Å². The number of hydrogen-bond acceptors (Lipinski definition) is 2. The number of rotatable bonds is 5. The molecule has 5 heteroatoms. The number of amides is 2. The lowest BCUT2D eigenvalue weighted by molar-refractivity contribution is -0.129. The van der Waals surface area contributed by atoms with Crippen LogP contribution >= 0.6 is 0 Å². The zero-order chi connectivity index (χ0) is 17.1. The fraction of sp³-hybridized carbons (Fsp3) is 0.579. The van der Waals surface area contributed by atoms with Crippen LogP contribution in [0.15, 0.2) is 18.2 Å². The molecule has 0 aromatic heterocycles. The minimum absolute atomic E-state index is 0.154. The highest BCUT2D eigenvalue weighted by Crippen LogP contribution is 2.32. The molecule has 2 N–H and O–H groups in total. The average molecular weight is 332 g/mol. The van der Waals surface area contributed by atoms with E-state index in [1.165, 1.54) is 25.5 Å². The molecule has 0 aliphatic heterocycles. The Morgan fingerprint density at radius 2 is 2.04 bits per heavy atom. The van der Waals surface area contributed by atoms with E-state index in [1.54, 1.807) is 0 Å². The second kappa shape index (κ2) is 7.32. The van der Waals surface area contributed by atoms with E-state index in [4.69, 9.17) is 0 Å². The maximum atomic E-state index is 13.6. The van der Waals surface area contributed by atoms with E-state index in [1.807, 2.05) is 6.07 Å². The molecule has 2 amide bonds. The van der Waals surface area contributed by atoms with Crippen molar-refractivity contribution in [1.82, 2.24) is 10.6 Å².